The number of carbonyl (C=O) groups is 1. The summed E-state index contributed by atoms with van der Waals surface area (Å²) in [4.78, 5) is 18.5. The molecule has 0 unspecified atom stereocenters. The van der Waals surface area contributed by atoms with E-state index >= 15 is 0 Å². The Bertz CT molecular complexity index is 1760. The Labute approximate surface area is 249 Å². The molecule has 1 N–H and O–H groups in total. The smallest absolute Gasteiger partial charge is 0.419 e. The van der Waals surface area contributed by atoms with Gasteiger partial charge in [0.1, 0.15) is 18.2 Å². The normalized spacial score (nSPS) is 16.9. The van der Waals surface area contributed by atoms with Crippen LogP contribution in [0.1, 0.15) is 50.4 Å². The minimum absolute atomic E-state index is 0.00871. The fraction of sp³-hybridized carbons (Fsp3) is 0.323. The maximum absolute atomic E-state index is 14.1. The summed E-state index contributed by atoms with van der Waals surface area (Å²) in [5.74, 6) is -0.603. The Morgan fingerprint density at radius 2 is 2.00 bits per heavy atom. The first kappa shape index (κ1) is 29.0. The van der Waals surface area contributed by atoms with Crippen LogP contribution in [0, 0.1) is 11.3 Å². The number of hydrogen-bond donors (Lipinski definition) is 1. The maximum atomic E-state index is 14.1. The zero-order chi connectivity index (χ0) is 30.3. The number of alkyl halides is 3. The van der Waals surface area contributed by atoms with E-state index in [0.717, 1.165) is 18.3 Å². The monoisotopic (exact) mass is 610 g/mol. The summed E-state index contributed by atoms with van der Waals surface area (Å²) >= 11 is 5.95. The lowest BCUT2D eigenvalue weighted by molar-refractivity contribution is -0.139. The van der Waals surface area contributed by atoms with Gasteiger partial charge in [0.15, 0.2) is 0 Å². The van der Waals surface area contributed by atoms with Gasteiger partial charge in [0, 0.05) is 30.3 Å². The second kappa shape index (κ2) is 11.5. The van der Waals surface area contributed by atoms with Crippen LogP contribution in [-0.2, 0) is 43.6 Å². The number of imidazole rings is 1. The molecule has 6 rings (SSSR count). The van der Waals surface area contributed by atoms with Gasteiger partial charge in [-0.2, -0.15) is 18.4 Å². The molecule has 12 heteroatoms. The number of nitriles is 1. The van der Waals surface area contributed by atoms with E-state index in [1.165, 1.54) is 18.2 Å². The van der Waals surface area contributed by atoms with Gasteiger partial charge in [-0.25, -0.2) is 9.78 Å². The molecule has 8 nitrogen and oxygen atoms in total. The lowest BCUT2D eigenvalue weighted by Gasteiger charge is -2.31. The third kappa shape index (κ3) is 6.04. The Balaban J connectivity index is 1.27. The molecule has 1 aromatic heterocycles. The zero-order valence-corrected chi connectivity index (χ0v) is 23.6. The highest BCUT2D eigenvalue weighted by atomic mass is 35.5. The fourth-order valence-electron chi connectivity index (χ4n) is 5.52. The van der Waals surface area contributed by atoms with Crippen molar-refractivity contribution in [1.29, 1.82) is 5.26 Å². The van der Waals surface area contributed by atoms with Crippen LogP contribution in [0.3, 0.4) is 0 Å². The topological polar surface area (TPSA) is 101 Å². The summed E-state index contributed by atoms with van der Waals surface area (Å²) in [6, 6.07) is 14.0. The molecule has 1 fully saturated rings. The highest BCUT2D eigenvalue weighted by Gasteiger charge is 2.36. The van der Waals surface area contributed by atoms with Gasteiger partial charge in [-0.1, -0.05) is 17.7 Å². The molecule has 3 aromatic carbocycles. The summed E-state index contributed by atoms with van der Waals surface area (Å²) in [5, 5.41) is 19.3. The Kier molecular flexibility index (Phi) is 7.77. The number of hydrogen-bond acceptors (Lipinski definition) is 6. The van der Waals surface area contributed by atoms with Gasteiger partial charge < -0.3 is 19.1 Å². The SMILES string of the molecule is N#Cc1cc(Cl)ccc1COc1cc2c(cc1C(F)(F)F)CCN(Cc1nc3ccc(C(=O)O)cc3n1C[C@@H]1CCO1)C2. The van der Waals surface area contributed by atoms with Gasteiger partial charge in [0.2, 0.25) is 0 Å². The largest absolute Gasteiger partial charge is 0.488 e. The van der Waals surface area contributed by atoms with E-state index in [2.05, 4.69) is 4.90 Å². The van der Waals surface area contributed by atoms with Gasteiger partial charge in [-0.3, -0.25) is 4.90 Å². The summed E-state index contributed by atoms with van der Waals surface area (Å²) < 4.78 is 55.5. The Morgan fingerprint density at radius 3 is 2.70 bits per heavy atom. The molecule has 0 aliphatic carbocycles. The van der Waals surface area contributed by atoms with Crippen LogP contribution >= 0.6 is 11.6 Å². The first-order chi connectivity index (χ1) is 20.6. The Morgan fingerprint density at radius 1 is 1.19 bits per heavy atom. The predicted octanol–water partition coefficient (Wildman–Crippen LogP) is 6.20. The zero-order valence-electron chi connectivity index (χ0n) is 22.8. The number of aromatic nitrogens is 2. The molecule has 0 saturated carbocycles. The molecule has 43 heavy (non-hydrogen) atoms. The molecule has 2 aliphatic heterocycles. The second-order valence-corrected chi connectivity index (χ2v) is 11.1. The molecule has 1 saturated heterocycles. The highest BCUT2D eigenvalue weighted by Crippen LogP contribution is 2.40. The molecule has 0 bridgehead atoms. The molecule has 2 aliphatic rings. The van der Waals surface area contributed by atoms with Gasteiger partial charge in [-0.05, 0) is 66.4 Å². The molecule has 1 atom stereocenters. The van der Waals surface area contributed by atoms with Crippen molar-refractivity contribution in [3.8, 4) is 11.8 Å². The second-order valence-electron chi connectivity index (χ2n) is 10.7. The first-order valence-corrected chi connectivity index (χ1v) is 14.1. The van der Waals surface area contributed by atoms with E-state index in [9.17, 15) is 28.3 Å². The number of rotatable bonds is 8. The lowest BCUT2D eigenvalue weighted by atomic mass is 9.96. The summed E-state index contributed by atoms with van der Waals surface area (Å²) in [6.07, 6.45) is -3.31. The minimum Gasteiger partial charge on any atom is -0.488 e. The van der Waals surface area contributed by atoms with Crippen molar-refractivity contribution in [2.45, 2.75) is 51.4 Å². The van der Waals surface area contributed by atoms with Gasteiger partial charge in [0.05, 0.1) is 53.0 Å². The van der Waals surface area contributed by atoms with Gasteiger partial charge in [0.25, 0.3) is 0 Å². The van der Waals surface area contributed by atoms with E-state index in [-0.39, 0.29) is 29.6 Å². The first-order valence-electron chi connectivity index (χ1n) is 13.7. The van der Waals surface area contributed by atoms with Crippen LogP contribution in [0.15, 0.2) is 48.5 Å². The van der Waals surface area contributed by atoms with Crippen LogP contribution in [0.2, 0.25) is 5.02 Å². The third-order valence-corrected chi connectivity index (χ3v) is 8.13. The summed E-state index contributed by atoms with van der Waals surface area (Å²) in [7, 11) is 0. The number of aromatic carboxylic acids is 1. The van der Waals surface area contributed by atoms with Crippen LogP contribution in [0.5, 0.6) is 5.75 Å². The number of fused-ring (bicyclic) bond motifs is 2. The maximum Gasteiger partial charge on any atom is 0.419 e. The van der Waals surface area contributed by atoms with E-state index in [0.29, 0.717) is 72.0 Å². The summed E-state index contributed by atoms with van der Waals surface area (Å²) in [6.45, 7) is 2.29. The van der Waals surface area contributed by atoms with E-state index in [4.69, 9.17) is 26.1 Å². The molecule has 3 heterocycles. The minimum atomic E-state index is -4.62. The molecular weight excluding hydrogens is 585 g/mol. The average molecular weight is 611 g/mol. The van der Waals surface area contributed by atoms with Gasteiger partial charge in [-0.15, -0.1) is 0 Å². The predicted molar refractivity (Wildman–Crippen MR) is 151 cm³/mol. The number of carboxylic acid groups (broad SMARTS) is 1. The number of halogens is 4. The van der Waals surface area contributed by atoms with Crippen molar-refractivity contribution < 1.29 is 32.5 Å². The van der Waals surface area contributed by atoms with E-state index in [1.54, 1.807) is 24.3 Å². The van der Waals surface area contributed by atoms with Crippen molar-refractivity contribution in [2.75, 3.05) is 13.2 Å². The van der Waals surface area contributed by atoms with Crippen LogP contribution in [0.25, 0.3) is 11.0 Å². The number of nitrogens with zero attached hydrogens (tertiary/aromatic N) is 4. The van der Waals surface area contributed by atoms with Crippen molar-refractivity contribution in [3.63, 3.8) is 0 Å². The summed E-state index contributed by atoms with van der Waals surface area (Å²) in [5.41, 5.74) is 2.65. The van der Waals surface area contributed by atoms with Crippen molar-refractivity contribution in [1.82, 2.24) is 14.5 Å². The molecule has 4 aromatic rings. The van der Waals surface area contributed by atoms with E-state index < -0.39 is 17.7 Å². The van der Waals surface area contributed by atoms with Crippen molar-refractivity contribution >= 4 is 28.6 Å². The number of carboxylic acids is 1. The van der Waals surface area contributed by atoms with Crippen molar-refractivity contribution in [2.24, 2.45) is 0 Å². The standard InChI is InChI=1S/C31H26ClF3N4O4/c32-23-3-1-20(21(9-23)13-36)17-43-28-12-22-14-38(7-5-18(22)10-25(28)31(33,34)35)16-29-37-26-4-2-19(30(40)41)11-27(26)39(29)15-24-6-8-42-24/h1-4,9-12,24H,5-8,14-17H2,(H,40,41)/t24-/m0/s1. The molecule has 0 radical (unpaired) electrons. The lowest BCUT2D eigenvalue weighted by Crippen LogP contribution is -2.34. The Hall–Kier alpha value is -4.11. The molecule has 222 valence electrons. The average Bonchev–Trinajstić information content (AvgIpc) is 3.28. The van der Waals surface area contributed by atoms with Crippen LogP contribution < -0.4 is 4.74 Å². The van der Waals surface area contributed by atoms with Crippen molar-refractivity contribution in [3.05, 3.63) is 92.8 Å². The molecule has 0 spiro atoms. The fourth-order valence-corrected chi connectivity index (χ4v) is 5.69. The molecule has 0 amide bonds. The highest BCUT2D eigenvalue weighted by molar-refractivity contribution is 6.30. The van der Waals surface area contributed by atoms with Crippen LogP contribution in [-0.4, -0.2) is 44.8 Å². The van der Waals surface area contributed by atoms with E-state index in [1.807, 2.05) is 10.6 Å². The number of benzene rings is 3. The molecular formula is C31H26ClF3N4O4. The number of ether oxygens (including phenoxy) is 2. The van der Waals surface area contributed by atoms with Gasteiger partial charge >= 0.3 is 12.1 Å². The third-order valence-electron chi connectivity index (χ3n) is 7.89. The quantitative estimate of drug-likeness (QED) is 0.253. The van der Waals surface area contributed by atoms with Crippen LogP contribution in [0.4, 0.5) is 13.2 Å².